The van der Waals surface area contributed by atoms with E-state index in [1.54, 1.807) is 30.3 Å². The first-order chi connectivity index (χ1) is 15.6. The van der Waals surface area contributed by atoms with Gasteiger partial charge in [0.15, 0.2) is 0 Å². The van der Waals surface area contributed by atoms with Crippen LogP contribution < -0.4 is 21.1 Å². The zero-order valence-corrected chi connectivity index (χ0v) is 17.6. The van der Waals surface area contributed by atoms with Crippen molar-refractivity contribution >= 4 is 23.2 Å². The first-order valence-electron chi connectivity index (χ1n) is 9.86. The third kappa shape index (κ3) is 6.70. The number of aromatic nitrogens is 1. The summed E-state index contributed by atoms with van der Waals surface area (Å²) in [6.45, 7) is 0. The van der Waals surface area contributed by atoms with Crippen LogP contribution in [0.15, 0.2) is 60.8 Å². The van der Waals surface area contributed by atoms with Gasteiger partial charge in [0.2, 0.25) is 5.91 Å². The van der Waals surface area contributed by atoms with E-state index in [2.05, 4.69) is 15.6 Å². The number of aryl methyl sites for hydroxylation is 1. The van der Waals surface area contributed by atoms with Crippen molar-refractivity contribution in [2.24, 2.45) is 0 Å². The maximum atomic E-state index is 12.9. The van der Waals surface area contributed by atoms with E-state index in [1.165, 1.54) is 25.4 Å². The smallest absolute Gasteiger partial charge is 0.416 e. The molecule has 0 aliphatic rings. The minimum atomic E-state index is -4.56. The van der Waals surface area contributed by atoms with Gasteiger partial charge in [0, 0.05) is 37.1 Å². The number of pyridine rings is 1. The molecule has 0 saturated heterocycles. The van der Waals surface area contributed by atoms with Gasteiger partial charge in [0.1, 0.15) is 17.2 Å². The Balaban J connectivity index is 1.62. The Morgan fingerprint density at radius 3 is 2.55 bits per heavy atom. The number of hydrogen-bond acceptors (Lipinski definition) is 5. The summed E-state index contributed by atoms with van der Waals surface area (Å²) in [5, 5.41) is 4.93. The molecule has 0 fully saturated rings. The van der Waals surface area contributed by atoms with Gasteiger partial charge in [-0.2, -0.15) is 13.2 Å². The number of nitrogens with one attached hydrogen (secondary N) is 2. The minimum Gasteiger partial charge on any atom is -0.457 e. The van der Waals surface area contributed by atoms with Crippen LogP contribution in [0, 0.1) is 0 Å². The normalized spacial score (nSPS) is 11.0. The second kappa shape index (κ2) is 10.0. The number of nitrogens with zero attached hydrogens (tertiary/aromatic N) is 1. The van der Waals surface area contributed by atoms with Crippen LogP contribution >= 0.6 is 0 Å². The van der Waals surface area contributed by atoms with E-state index >= 15 is 0 Å². The Kier molecular flexibility index (Phi) is 7.17. The standard InChI is InChI=1S/C23H21F3N4O3/c1-28-22(32)20-13-19(7-8-29-20)33-18-4-2-3-14(9-18)5-6-21(31)30-17-11-15(23(24,25)26)10-16(27)12-17/h2-4,7-13H,5-6,27H2,1H3,(H,28,32)(H,30,31). The van der Waals surface area contributed by atoms with Crippen LogP contribution in [0.3, 0.4) is 0 Å². The predicted molar refractivity (Wildman–Crippen MR) is 117 cm³/mol. The number of carbonyl (C=O) groups excluding carboxylic acids is 2. The molecule has 0 radical (unpaired) electrons. The molecule has 0 aliphatic carbocycles. The van der Waals surface area contributed by atoms with Crippen molar-refractivity contribution < 1.29 is 27.5 Å². The molecule has 2 aromatic carbocycles. The molecule has 2 amide bonds. The topological polar surface area (TPSA) is 106 Å². The Labute approximate surface area is 187 Å². The summed E-state index contributed by atoms with van der Waals surface area (Å²) < 4.78 is 44.5. The summed E-state index contributed by atoms with van der Waals surface area (Å²) >= 11 is 0. The van der Waals surface area contributed by atoms with Crippen LogP contribution in [-0.4, -0.2) is 23.8 Å². The van der Waals surface area contributed by atoms with Crippen molar-refractivity contribution in [3.05, 3.63) is 77.6 Å². The number of halogens is 3. The van der Waals surface area contributed by atoms with Crippen LogP contribution in [0.4, 0.5) is 24.5 Å². The zero-order chi connectivity index (χ0) is 24.0. The Morgan fingerprint density at radius 1 is 1.06 bits per heavy atom. The van der Waals surface area contributed by atoms with E-state index in [0.717, 1.165) is 17.7 Å². The van der Waals surface area contributed by atoms with Gasteiger partial charge in [-0.15, -0.1) is 0 Å². The summed E-state index contributed by atoms with van der Waals surface area (Å²) in [5.74, 6) is 0.111. The first kappa shape index (κ1) is 23.6. The number of ether oxygens (including phenoxy) is 1. The highest BCUT2D eigenvalue weighted by Crippen LogP contribution is 2.32. The lowest BCUT2D eigenvalue weighted by Gasteiger charge is -2.12. The van der Waals surface area contributed by atoms with Crippen molar-refractivity contribution in [1.82, 2.24) is 10.3 Å². The summed E-state index contributed by atoms with van der Waals surface area (Å²) in [6.07, 6.45) is -2.74. The maximum absolute atomic E-state index is 12.9. The summed E-state index contributed by atoms with van der Waals surface area (Å²) in [7, 11) is 1.50. The Morgan fingerprint density at radius 2 is 1.82 bits per heavy atom. The van der Waals surface area contributed by atoms with Crippen LogP contribution in [0.1, 0.15) is 28.0 Å². The third-order valence-electron chi connectivity index (χ3n) is 4.53. The SMILES string of the molecule is CNC(=O)c1cc(Oc2cccc(CCC(=O)Nc3cc(N)cc(C(F)(F)F)c3)c2)ccn1. The molecule has 3 rings (SSSR count). The van der Waals surface area contributed by atoms with Crippen molar-refractivity contribution in [3.63, 3.8) is 0 Å². The van der Waals surface area contributed by atoms with Crippen molar-refractivity contribution in [3.8, 4) is 11.5 Å². The molecule has 10 heteroatoms. The van der Waals surface area contributed by atoms with Gasteiger partial charge in [0.05, 0.1) is 5.56 Å². The number of nitrogen functional groups attached to an aromatic ring is 1. The highest BCUT2D eigenvalue weighted by atomic mass is 19.4. The monoisotopic (exact) mass is 458 g/mol. The fourth-order valence-corrected chi connectivity index (χ4v) is 3.00. The fraction of sp³-hybridized carbons (Fsp3) is 0.174. The van der Waals surface area contributed by atoms with Crippen LogP contribution in [0.25, 0.3) is 0 Å². The second-order valence-electron chi connectivity index (χ2n) is 7.10. The fourth-order valence-electron chi connectivity index (χ4n) is 3.00. The maximum Gasteiger partial charge on any atom is 0.416 e. The van der Waals surface area contributed by atoms with Crippen LogP contribution in [0.2, 0.25) is 0 Å². The molecule has 0 unspecified atom stereocenters. The zero-order valence-electron chi connectivity index (χ0n) is 17.6. The number of amides is 2. The number of carbonyl (C=O) groups is 2. The quantitative estimate of drug-likeness (QED) is 0.455. The lowest BCUT2D eigenvalue weighted by atomic mass is 10.1. The van der Waals surface area contributed by atoms with Crippen LogP contribution in [-0.2, 0) is 17.4 Å². The van der Waals surface area contributed by atoms with E-state index in [-0.39, 0.29) is 29.4 Å². The van der Waals surface area contributed by atoms with Crippen molar-refractivity contribution in [1.29, 1.82) is 0 Å². The van der Waals surface area contributed by atoms with E-state index in [0.29, 0.717) is 17.9 Å². The highest BCUT2D eigenvalue weighted by Gasteiger charge is 2.31. The number of benzene rings is 2. The molecule has 33 heavy (non-hydrogen) atoms. The van der Waals surface area contributed by atoms with Gasteiger partial charge in [0.25, 0.3) is 5.91 Å². The van der Waals surface area contributed by atoms with Gasteiger partial charge in [-0.3, -0.25) is 14.6 Å². The second-order valence-corrected chi connectivity index (χ2v) is 7.10. The number of rotatable bonds is 7. The van der Waals surface area contributed by atoms with Crippen LogP contribution in [0.5, 0.6) is 11.5 Å². The first-order valence-corrected chi connectivity index (χ1v) is 9.86. The molecule has 0 atom stereocenters. The molecule has 3 aromatic rings. The highest BCUT2D eigenvalue weighted by molar-refractivity contribution is 5.92. The lowest BCUT2D eigenvalue weighted by Crippen LogP contribution is -2.18. The van der Waals surface area contributed by atoms with E-state index in [9.17, 15) is 22.8 Å². The molecule has 172 valence electrons. The van der Waals surface area contributed by atoms with Gasteiger partial charge in [-0.25, -0.2) is 0 Å². The minimum absolute atomic E-state index is 0.0194. The summed E-state index contributed by atoms with van der Waals surface area (Å²) in [6, 6.07) is 13.0. The van der Waals surface area contributed by atoms with Gasteiger partial charge < -0.3 is 21.1 Å². The molecule has 0 aliphatic heterocycles. The van der Waals surface area contributed by atoms with Gasteiger partial charge in [-0.05, 0) is 48.4 Å². The van der Waals surface area contributed by atoms with Crippen molar-refractivity contribution in [2.45, 2.75) is 19.0 Å². The Bertz CT molecular complexity index is 1170. The number of alkyl halides is 3. The molecule has 0 bridgehead atoms. The molecule has 4 N–H and O–H groups in total. The Hall–Kier alpha value is -4.08. The van der Waals surface area contributed by atoms with E-state index in [1.807, 2.05) is 0 Å². The molecule has 0 spiro atoms. The summed E-state index contributed by atoms with van der Waals surface area (Å²) in [5.41, 5.74) is 5.46. The number of hydrogen-bond donors (Lipinski definition) is 3. The van der Waals surface area contributed by atoms with Gasteiger partial charge in [-0.1, -0.05) is 12.1 Å². The molecule has 0 saturated carbocycles. The third-order valence-corrected chi connectivity index (χ3v) is 4.53. The largest absolute Gasteiger partial charge is 0.457 e. The molecular formula is C23H21F3N4O3. The average molecular weight is 458 g/mol. The number of nitrogens with two attached hydrogens (primary N) is 1. The predicted octanol–water partition coefficient (Wildman–Crippen LogP) is 4.41. The van der Waals surface area contributed by atoms with Crippen molar-refractivity contribution in [2.75, 3.05) is 18.1 Å². The van der Waals surface area contributed by atoms with E-state index in [4.69, 9.17) is 10.5 Å². The molecule has 7 nitrogen and oxygen atoms in total. The average Bonchev–Trinajstić information content (AvgIpc) is 2.76. The lowest BCUT2D eigenvalue weighted by molar-refractivity contribution is -0.137. The summed E-state index contributed by atoms with van der Waals surface area (Å²) in [4.78, 5) is 27.9. The molecule has 1 heterocycles. The molecule has 1 aromatic heterocycles. The van der Waals surface area contributed by atoms with E-state index < -0.39 is 17.6 Å². The number of anilines is 2. The van der Waals surface area contributed by atoms with Gasteiger partial charge >= 0.3 is 6.18 Å². The molecular weight excluding hydrogens is 437 g/mol.